The van der Waals surface area contributed by atoms with E-state index in [4.69, 9.17) is 0 Å². The third kappa shape index (κ3) is 3.06. The molecule has 3 aromatic rings. The van der Waals surface area contributed by atoms with Crippen molar-refractivity contribution in [2.45, 2.75) is 38.3 Å². The Hall–Kier alpha value is -4.59. The number of non-ortho nitro benzene ring substituents is 1. The molecule has 0 bridgehead atoms. The largest absolute Gasteiger partial charge is 0.352 e. The standard InChI is InChI=1S/C30H25N3O5/c1-16-11-12-24-21(13-16)17(2)14-25-30(22-9-4-5-10-23(22)31-29(30)36)26(27(18(3)34)32(24)25)28(35)19-7-6-8-20(15-19)33(37)38/h4-15,25-27H,1-3H3,(H,31,36)/t25-,26-,27-,30+/m1/s1. The maximum absolute atomic E-state index is 14.4. The van der Waals surface area contributed by atoms with Crippen molar-refractivity contribution in [2.75, 3.05) is 10.2 Å². The number of rotatable bonds is 4. The van der Waals surface area contributed by atoms with E-state index < -0.39 is 34.1 Å². The van der Waals surface area contributed by atoms with Crippen LogP contribution in [0.5, 0.6) is 0 Å². The second-order valence-corrected chi connectivity index (χ2v) is 10.3. The van der Waals surface area contributed by atoms with Crippen molar-refractivity contribution in [1.29, 1.82) is 0 Å². The number of nitrogens with one attached hydrogen (secondary N) is 1. The van der Waals surface area contributed by atoms with E-state index in [1.165, 1.54) is 31.2 Å². The van der Waals surface area contributed by atoms with Gasteiger partial charge in [-0.05, 0) is 50.1 Å². The van der Waals surface area contributed by atoms with E-state index in [0.29, 0.717) is 11.3 Å². The van der Waals surface area contributed by atoms with E-state index in [0.717, 1.165) is 22.4 Å². The van der Waals surface area contributed by atoms with Crippen molar-refractivity contribution in [3.05, 3.63) is 105 Å². The Morgan fingerprint density at radius 3 is 2.53 bits per heavy atom. The number of carbonyl (C=O) groups excluding carboxylic acids is 3. The third-order valence-electron chi connectivity index (χ3n) is 8.17. The summed E-state index contributed by atoms with van der Waals surface area (Å²) in [5.41, 5.74) is 3.42. The number of para-hydroxylation sites is 1. The van der Waals surface area contributed by atoms with Crippen molar-refractivity contribution < 1.29 is 19.3 Å². The molecule has 0 radical (unpaired) electrons. The fourth-order valence-corrected chi connectivity index (χ4v) is 6.65. The quantitative estimate of drug-likeness (QED) is 0.307. The lowest BCUT2D eigenvalue weighted by molar-refractivity contribution is -0.384. The highest BCUT2D eigenvalue weighted by atomic mass is 16.6. The monoisotopic (exact) mass is 507 g/mol. The molecule has 3 aromatic carbocycles. The molecule has 38 heavy (non-hydrogen) atoms. The zero-order valence-corrected chi connectivity index (χ0v) is 21.1. The Kier molecular flexibility index (Phi) is 5.14. The average Bonchev–Trinajstić information content (AvgIpc) is 3.36. The number of ketones is 2. The lowest BCUT2D eigenvalue weighted by atomic mass is 9.64. The van der Waals surface area contributed by atoms with Crippen LogP contribution in [-0.4, -0.2) is 34.5 Å². The first-order valence-electron chi connectivity index (χ1n) is 12.4. The summed E-state index contributed by atoms with van der Waals surface area (Å²) in [6.45, 7) is 5.40. The number of nitro groups is 1. The Morgan fingerprint density at radius 2 is 1.79 bits per heavy atom. The number of nitro benzene ring substituents is 1. The lowest BCUT2D eigenvalue weighted by Gasteiger charge is -2.39. The molecular formula is C30H25N3O5. The molecule has 4 atom stereocenters. The number of carbonyl (C=O) groups is 3. The number of hydrogen-bond acceptors (Lipinski definition) is 6. The van der Waals surface area contributed by atoms with E-state index >= 15 is 0 Å². The van der Waals surface area contributed by atoms with Crippen LogP contribution < -0.4 is 10.2 Å². The molecule has 3 aliphatic rings. The van der Waals surface area contributed by atoms with Crippen LogP contribution in [0.25, 0.3) is 5.57 Å². The molecule has 8 nitrogen and oxygen atoms in total. The molecule has 3 aliphatic heterocycles. The molecule has 0 aliphatic carbocycles. The van der Waals surface area contributed by atoms with Gasteiger partial charge in [0, 0.05) is 34.6 Å². The average molecular weight is 508 g/mol. The molecule has 190 valence electrons. The fourth-order valence-electron chi connectivity index (χ4n) is 6.65. The van der Waals surface area contributed by atoms with Gasteiger partial charge in [0.15, 0.2) is 11.6 Å². The van der Waals surface area contributed by atoms with Gasteiger partial charge < -0.3 is 10.2 Å². The Balaban J connectivity index is 1.67. The van der Waals surface area contributed by atoms with Gasteiger partial charge in [-0.25, -0.2) is 0 Å². The number of nitrogens with zero attached hydrogens (tertiary/aromatic N) is 2. The van der Waals surface area contributed by atoms with Gasteiger partial charge in [-0.1, -0.05) is 48.0 Å². The van der Waals surface area contributed by atoms with Crippen LogP contribution in [0.4, 0.5) is 17.1 Å². The molecule has 0 unspecified atom stereocenters. The summed E-state index contributed by atoms with van der Waals surface area (Å²) in [7, 11) is 0. The molecular weight excluding hydrogens is 482 g/mol. The zero-order valence-electron chi connectivity index (χ0n) is 21.1. The number of amides is 1. The molecule has 8 heteroatoms. The van der Waals surface area contributed by atoms with Gasteiger partial charge in [-0.15, -0.1) is 0 Å². The first-order chi connectivity index (χ1) is 18.2. The Bertz CT molecular complexity index is 1610. The molecule has 3 heterocycles. The van der Waals surface area contributed by atoms with Crippen LogP contribution in [0, 0.1) is 23.0 Å². The number of anilines is 2. The number of hydrogen-bond donors (Lipinski definition) is 1. The van der Waals surface area contributed by atoms with Crippen LogP contribution >= 0.6 is 0 Å². The van der Waals surface area contributed by atoms with Crippen LogP contribution in [-0.2, 0) is 15.0 Å². The van der Waals surface area contributed by atoms with Gasteiger partial charge in [-0.3, -0.25) is 24.5 Å². The van der Waals surface area contributed by atoms with Crippen molar-refractivity contribution in [1.82, 2.24) is 0 Å². The second kappa shape index (κ2) is 8.21. The minimum absolute atomic E-state index is 0.0942. The molecule has 1 amide bonds. The predicted molar refractivity (Wildman–Crippen MR) is 143 cm³/mol. The van der Waals surface area contributed by atoms with E-state index in [9.17, 15) is 24.5 Å². The highest BCUT2D eigenvalue weighted by Gasteiger charge is 2.70. The van der Waals surface area contributed by atoms with E-state index in [-0.39, 0.29) is 22.9 Å². The van der Waals surface area contributed by atoms with Crippen molar-refractivity contribution >= 4 is 40.1 Å². The van der Waals surface area contributed by atoms with Crippen molar-refractivity contribution in [2.24, 2.45) is 5.92 Å². The molecule has 1 N–H and O–H groups in total. The number of allylic oxidation sites excluding steroid dienone is 1. The highest BCUT2D eigenvalue weighted by molar-refractivity contribution is 6.17. The maximum atomic E-state index is 14.4. The smallest absolute Gasteiger partial charge is 0.270 e. The topological polar surface area (TPSA) is 110 Å². The van der Waals surface area contributed by atoms with Crippen LogP contribution in [0.15, 0.2) is 72.8 Å². The first kappa shape index (κ1) is 23.8. The molecule has 6 rings (SSSR count). The summed E-state index contributed by atoms with van der Waals surface area (Å²) in [6.07, 6.45) is 1.99. The Labute approximate surface area is 219 Å². The lowest BCUT2D eigenvalue weighted by Crippen LogP contribution is -2.51. The summed E-state index contributed by atoms with van der Waals surface area (Å²) in [5, 5.41) is 14.5. The van der Waals surface area contributed by atoms with Crippen LogP contribution in [0.2, 0.25) is 0 Å². The zero-order chi connectivity index (χ0) is 26.9. The van der Waals surface area contributed by atoms with Gasteiger partial charge in [0.2, 0.25) is 5.91 Å². The van der Waals surface area contributed by atoms with E-state index in [1.54, 1.807) is 6.07 Å². The van der Waals surface area contributed by atoms with Gasteiger partial charge in [0.05, 0.1) is 22.9 Å². The Morgan fingerprint density at radius 1 is 1.03 bits per heavy atom. The second-order valence-electron chi connectivity index (χ2n) is 10.3. The minimum Gasteiger partial charge on any atom is -0.352 e. The minimum atomic E-state index is -1.42. The fraction of sp³-hybridized carbons (Fsp3) is 0.233. The maximum Gasteiger partial charge on any atom is 0.270 e. The summed E-state index contributed by atoms with van der Waals surface area (Å²) >= 11 is 0. The van der Waals surface area contributed by atoms with Gasteiger partial charge in [-0.2, -0.15) is 0 Å². The highest BCUT2D eigenvalue weighted by Crippen LogP contribution is 2.58. The first-order valence-corrected chi connectivity index (χ1v) is 12.4. The number of Topliss-reactive ketones (excluding diaryl/α,β-unsaturated/α-hetero) is 2. The molecule has 1 saturated heterocycles. The number of aryl methyl sites for hydroxylation is 1. The summed E-state index contributed by atoms with van der Waals surface area (Å²) in [5.74, 6) is -2.21. The van der Waals surface area contributed by atoms with Crippen molar-refractivity contribution in [3.63, 3.8) is 0 Å². The van der Waals surface area contributed by atoms with Gasteiger partial charge in [0.1, 0.15) is 5.41 Å². The van der Waals surface area contributed by atoms with E-state index in [2.05, 4.69) is 5.32 Å². The number of fused-ring (bicyclic) bond motifs is 6. The predicted octanol–water partition coefficient (Wildman–Crippen LogP) is 4.86. The summed E-state index contributed by atoms with van der Waals surface area (Å²) < 4.78 is 0. The summed E-state index contributed by atoms with van der Waals surface area (Å²) in [6, 6.07) is 17.1. The molecule has 1 fully saturated rings. The third-order valence-corrected chi connectivity index (χ3v) is 8.17. The van der Waals surface area contributed by atoms with Crippen molar-refractivity contribution in [3.8, 4) is 0 Å². The number of benzene rings is 3. The van der Waals surface area contributed by atoms with Gasteiger partial charge in [0.25, 0.3) is 5.69 Å². The van der Waals surface area contributed by atoms with E-state index in [1.807, 2.05) is 61.2 Å². The van der Waals surface area contributed by atoms with Crippen LogP contribution in [0.3, 0.4) is 0 Å². The normalized spacial score (nSPS) is 24.8. The van der Waals surface area contributed by atoms with Gasteiger partial charge >= 0.3 is 0 Å². The molecule has 0 saturated carbocycles. The summed E-state index contributed by atoms with van der Waals surface area (Å²) in [4.78, 5) is 54.9. The SMILES string of the molecule is CC(=O)[C@@H]1[C@H](C(=O)c2cccc([N+](=O)[O-])c2)[C@@]2(C(=O)Nc3ccccc32)[C@H]2C=C(C)c3cc(C)ccc3N12. The molecule has 1 spiro atoms. The molecule has 0 aromatic heterocycles. The van der Waals surface area contributed by atoms with Crippen LogP contribution in [0.1, 0.15) is 40.9 Å².